The molecule has 2 heterocycles. The molecular weight excluding hydrogens is 420 g/mol. The molecular formula is C22H26N2O6S. The number of carbonyl (C=O) groups is 3. The van der Waals surface area contributed by atoms with E-state index in [0.29, 0.717) is 42.4 Å². The lowest BCUT2D eigenvalue weighted by molar-refractivity contribution is -0.118. The molecule has 2 aromatic rings. The number of hydrogen-bond acceptors (Lipinski definition) is 7. The van der Waals surface area contributed by atoms with Crippen molar-refractivity contribution in [3.63, 3.8) is 0 Å². The summed E-state index contributed by atoms with van der Waals surface area (Å²) < 4.78 is 15.8. The van der Waals surface area contributed by atoms with Crippen LogP contribution in [0.25, 0.3) is 0 Å². The standard InChI is InChI=1S/C22H26N2O6S/c1-4-28-21(26)19-16-9-10-24(22(27)29-5-2)12-17(16)31-20(19)23-18(25)13-30-15-8-6-7-14(3)11-15/h6-8,11H,4-5,9-10,12-13H2,1-3H3,(H,23,25). The number of fused-ring (bicyclic) bond motifs is 1. The van der Waals surface area contributed by atoms with Crippen molar-refractivity contribution in [2.75, 3.05) is 31.7 Å². The first-order chi connectivity index (χ1) is 14.9. The van der Waals surface area contributed by atoms with Gasteiger partial charge in [0, 0.05) is 11.4 Å². The fourth-order valence-electron chi connectivity index (χ4n) is 3.30. The Morgan fingerprint density at radius 1 is 1.16 bits per heavy atom. The predicted molar refractivity (Wildman–Crippen MR) is 117 cm³/mol. The predicted octanol–water partition coefficient (Wildman–Crippen LogP) is 3.77. The summed E-state index contributed by atoms with van der Waals surface area (Å²) in [5.41, 5.74) is 2.19. The van der Waals surface area contributed by atoms with Crippen LogP contribution in [0, 0.1) is 6.92 Å². The molecule has 1 aliphatic heterocycles. The van der Waals surface area contributed by atoms with E-state index in [9.17, 15) is 14.4 Å². The second-order valence-corrected chi connectivity index (χ2v) is 8.06. The number of aryl methyl sites for hydroxylation is 1. The summed E-state index contributed by atoms with van der Waals surface area (Å²) in [5, 5.41) is 3.19. The number of anilines is 1. The Labute approximate surface area is 185 Å². The average molecular weight is 447 g/mol. The topological polar surface area (TPSA) is 94.2 Å². The van der Waals surface area contributed by atoms with Crippen molar-refractivity contribution in [2.45, 2.75) is 33.7 Å². The molecule has 0 radical (unpaired) electrons. The van der Waals surface area contributed by atoms with Gasteiger partial charge in [0.1, 0.15) is 10.8 Å². The minimum Gasteiger partial charge on any atom is -0.484 e. The zero-order valence-electron chi connectivity index (χ0n) is 17.9. The summed E-state index contributed by atoms with van der Waals surface area (Å²) in [6, 6.07) is 7.40. The summed E-state index contributed by atoms with van der Waals surface area (Å²) in [5.74, 6) is -0.274. The van der Waals surface area contributed by atoms with Crippen LogP contribution >= 0.6 is 11.3 Å². The maximum Gasteiger partial charge on any atom is 0.410 e. The normalized spacial score (nSPS) is 12.7. The molecule has 1 N–H and O–H groups in total. The maximum absolute atomic E-state index is 12.6. The van der Waals surface area contributed by atoms with Gasteiger partial charge in [-0.2, -0.15) is 0 Å². The van der Waals surface area contributed by atoms with Crippen molar-refractivity contribution >= 4 is 34.3 Å². The van der Waals surface area contributed by atoms with Crippen LogP contribution in [0.4, 0.5) is 9.80 Å². The summed E-state index contributed by atoms with van der Waals surface area (Å²) in [7, 11) is 0. The Kier molecular flexibility index (Phi) is 7.51. The van der Waals surface area contributed by atoms with Gasteiger partial charge in [0.15, 0.2) is 6.61 Å². The number of thiophene rings is 1. The number of carbonyl (C=O) groups excluding carboxylic acids is 3. The molecule has 0 spiro atoms. The van der Waals surface area contributed by atoms with Gasteiger partial charge in [-0.25, -0.2) is 9.59 Å². The molecule has 1 aromatic heterocycles. The highest BCUT2D eigenvalue weighted by Gasteiger charge is 2.31. The van der Waals surface area contributed by atoms with Crippen molar-refractivity contribution in [2.24, 2.45) is 0 Å². The number of nitrogens with zero attached hydrogens (tertiary/aromatic N) is 1. The SMILES string of the molecule is CCOC(=O)c1c(NC(=O)COc2cccc(C)c2)sc2c1CCN(C(=O)OCC)C2. The molecule has 8 nitrogen and oxygen atoms in total. The van der Waals surface area contributed by atoms with E-state index < -0.39 is 12.1 Å². The Morgan fingerprint density at radius 2 is 1.94 bits per heavy atom. The quantitative estimate of drug-likeness (QED) is 0.651. The number of hydrogen-bond donors (Lipinski definition) is 1. The molecule has 0 saturated heterocycles. The lowest BCUT2D eigenvalue weighted by atomic mass is 10.0. The van der Waals surface area contributed by atoms with Crippen LogP contribution in [0.3, 0.4) is 0 Å². The van der Waals surface area contributed by atoms with Crippen LogP contribution in [0.2, 0.25) is 0 Å². The molecule has 1 aromatic carbocycles. The number of nitrogens with one attached hydrogen (secondary N) is 1. The monoisotopic (exact) mass is 446 g/mol. The van der Waals surface area contributed by atoms with Crippen molar-refractivity contribution in [1.82, 2.24) is 4.90 Å². The molecule has 0 bridgehead atoms. The minimum atomic E-state index is -0.487. The third-order valence-corrected chi connectivity index (χ3v) is 5.81. The van der Waals surface area contributed by atoms with Gasteiger partial charge in [-0.3, -0.25) is 4.79 Å². The fourth-order valence-corrected chi connectivity index (χ4v) is 4.57. The van der Waals surface area contributed by atoms with Crippen molar-refractivity contribution < 1.29 is 28.6 Å². The first kappa shape index (κ1) is 22.6. The first-order valence-corrected chi connectivity index (χ1v) is 11.0. The lowest BCUT2D eigenvalue weighted by Crippen LogP contribution is -2.36. The van der Waals surface area contributed by atoms with E-state index in [-0.39, 0.29) is 19.1 Å². The Morgan fingerprint density at radius 3 is 2.65 bits per heavy atom. The third-order valence-electron chi connectivity index (χ3n) is 4.67. The number of benzene rings is 1. The summed E-state index contributed by atoms with van der Waals surface area (Å²) >= 11 is 1.27. The molecule has 0 atom stereocenters. The van der Waals surface area contributed by atoms with Gasteiger partial charge in [0.25, 0.3) is 5.91 Å². The van der Waals surface area contributed by atoms with Gasteiger partial charge < -0.3 is 24.4 Å². The number of ether oxygens (including phenoxy) is 3. The van der Waals surface area contributed by atoms with Crippen molar-refractivity contribution in [3.8, 4) is 5.75 Å². The molecule has 31 heavy (non-hydrogen) atoms. The van der Waals surface area contributed by atoms with Gasteiger partial charge in [-0.15, -0.1) is 11.3 Å². The van der Waals surface area contributed by atoms with Crippen LogP contribution in [-0.4, -0.2) is 49.2 Å². The van der Waals surface area contributed by atoms with E-state index in [0.717, 1.165) is 16.0 Å². The molecule has 166 valence electrons. The molecule has 1 aliphatic rings. The van der Waals surface area contributed by atoms with Crippen LogP contribution in [0.1, 0.15) is 40.2 Å². The van der Waals surface area contributed by atoms with E-state index in [4.69, 9.17) is 14.2 Å². The zero-order valence-corrected chi connectivity index (χ0v) is 18.7. The Balaban J connectivity index is 1.76. The summed E-state index contributed by atoms with van der Waals surface area (Å²) in [6.07, 6.45) is 0.0884. The second kappa shape index (κ2) is 10.3. The molecule has 0 saturated carbocycles. The van der Waals surface area contributed by atoms with Crippen LogP contribution in [-0.2, 0) is 27.2 Å². The zero-order chi connectivity index (χ0) is 22.4. The van der Waals surface area contributed by atoms with E-state index in [1.54, 1.807) is 24.8 Å². The van der Waals surface area contributed by atoms with Crippen molar-refractivity contribution in [1.29, 1.82) is 0 Å². The summed E-state index contributed by atoms with van der Waals surface area (Å²) in [6.45, 7) is 6.50. The van der Waals surface area contributed by atoms with E-state index in [1.807, 2.05) is 25.1 Å². The van der Waals surface area contributed by atoms with Gasteiger partial charge in [0.05, 0.1) is 25.3 Å². The molecule has 3 rings (SSSR count). The minimum absolute atomic E-state index is 0.191. The van der Waals surface area contributed by atoms with E-state index >= 15 is 0 Å². The Hall–Kier alpha value is -3.07. The highest BCUT2D eigenvalue weighted by atomic mass is 32.1. The van der Waals surface area contributed by atoms with E-state index in [1.165, 1.54) is 11.3 Å². The van der Waals surface area contributed by atoms with Crippen LogP contribution < -0.4 is 10.1 Å². The first-order valence-electron chi connectivity index (χ1n) is 10.2. The number of esters is 1. The molecule has 0 fully saturated rings. The number of rotatable bonds is 7. The molecule has 9 heteroatoms. The van der Waals surface area contributed by atoms with Gasteiger partial charge in [-0.1, -0.05) is 12.1 Å². The largest absolute Gasteiger partial charge is 0.484 e. The molecule has 2 amide bonds. The lowest BCUT2D eigenvalue weighted by Gasteiger charge is -2.26. The second-order valence-electron chi connectivity index (χ2n) is 6.95. The fraction of sp³-hybridized carbons (Fsp3) is 0.409. The smallest absolute Gasteiger partial charge is 0.410 e. The molecule has 0 unspecified atom stereocenters. The molecule has 0 aliphatic carbocycles. The third kappa shape index (κ3) is 5.55. The highest BCUT2D eigenvalue weighted by Crippen LogP contribution is 2.37. The van der Waals surface area contributed by atoms with Crippen LogP contribution in [0.15, 0.2) is 24.3 Å². The summed E-state index contributed by atoms with van der Waals surface area (Å²) in [4.78, 5) is 39.6. The van der Waals surface area contributed by atoms with Gasteiger partial charge in [-0.05, 0) is 50.5 Å². The van der Waals surface area contributed by atoms with Crippen molar-refractivity contribution in [3.05, 3.63) is 45.8 Å². The van der Waals surface area contributed by atoms with E-state index in [2.05, 4.69) is 5.32 Å². The number of amides is 2. The van der Waals surface area contributed by atoms with Crippen LogP contribution in [0.5, 0.6) is 5.75 Å². The van der Waals surface area contributed by atoms with Gasteiger partial charge in [0.2, 0.25) is 0 Å². The van der Waals surface area contributed by atoms with Gasteiger partial charge >= 0.3 is 12.1 Å². The average Bonchev–Trinajstić information content (AvgIpc) is 3.09. The maximum atomic E-state index is 12.6. The Bertz CT molecular complexity index is 971. The highest BCUT2D eigenvalue weighted by molar-refractivity contribution is 7.17.